The maximum Gasteiger partial charge on any atom is 0.307 e. The molecular weight excluding hydrogens is 393 g/mol. The Labute approximate surface area is 172 Å². The number of ether oxygens (including phenoxy) is 2. The zero-order chi connectivity index (χ0) is 20.8. The van der Waals surface area contributed by atoms with Gasteiger partial charge >= 0.3 is 5.97 Å². The van der Waals surface area contributed by atoms with E-state index < -0.39 is 12.0 Å². The second kappa shape index (κ2) is 9.34. The first kappa shape index (κ1) is 20.5. The molecule has 0 saturated heterocycles. The van der Waals surface area contributed by atoms with E-state index in [9.17, 15) is 14.0 Å². The lowest BCUT2D eigenvalue weighted by Crippen LogP contribution is -2.30. The average Bonchev–Trinajstić information content (AvgIpc) is 3.24. The molecule has 0 radical (unpaired) electrons. The van der Waals surface area contributed by atoms with Crippen LogP contribution < -0.4 is 10.1 Å². The molecule has 29 heavy (non-hydrogen) atoms. The molecule has 5 nitrogen and oxygen atoms in total. The predicted molar refractivity (Wildman–Crippen MR) is 110 cm³/mol. The summed E-state index contributed by atoms with van der Waals surface area (Å²) in [5.74, 6) is -0.357. The summed E-state index contributed by atoms with van der Waals surface area (Å²) in [6.45, 7) is 0. The van der Waals surface area contributed by atoms with Crippen molar-refractivity contribution < 1.29 is 23.5 Å². The lowest BCUT2D eigenvalue weighted by Gasteiger charge is -2.18. The van der Waals surface area contributed by atoms with Crippen molar-refractivity contribution in [1.29, 1.82) is 0 Å². The lowest BCUT2D eigenvalue weighted by atomic mass is 10.0. The third-order valence-corrected chi connectivity index (χ3v) is 5.51. The quantitative estimate of drug-likeness (QED) is 0.575. The molecule has 1 atom stereocenters. The molecular formula is C22H20FNO4S. The van der Waals surface area contributed by atoms with Crippen LogP contribution in [0.15, 0.2) is 60.7 Å². The van der Waals surface area contributed by atoms with Gasteiger partial charge in [-0.25, -0.2) is 4.39 Å². The topological polar surface area (TPSA) is 64.6 Å². The summed E-state index contributed by atoms with van der Waals surface area (Å²) in [5.41, 5.74) is 1.59. The van der Waals surface area contributed by atoms with Crippen molar-refractivity contribution in [1.82, 2.24) is 5.32 Å². The van der Waals surface area contributed by atoms with Gasteiger partial charge in [0.15, 0.2) is 0 Å². The number of benzene rings is 2. The van der Waals surface area contributed by atoms with Crippen LogP contribution in [0, 0.1) is 5.82 Å². The third kappa shape index (κ3) is 5.20. The first-order valence-electron chi connectivity index (χ1n) is 8.87. The maximum atomic E-state index is 13.1. The van der Waals surface area contributed by atoms with Gasteiger partial charge in [0.05, 0.1) is 31.6 Å². The summed E-state index contributed by atoms with van der Waals surface area (Å²) in [6, 6.07) is 16.2. The molecule has 1 heterocycles. The van der Waals surface area contributed by atoms with E-state index in [0.29, 0.717) is 10.6 Å². The maximum absolute atomic E-state index is 13.1. The standard InChI is InChI=1S/C22H20FNO4S/c1-27-17-9-5-14(6-10-17)18(13-21(25)28-2)24-22(26)20-12-11-19(29-20)15-3-7-16(23)8-4-15/h3-12,18H,13H2,1-2H3,(H,24,26). The van der Waals surface area contributed by atoms with E-state index in [-0.39, 0.29) is 18.1 Å². The number of amides is 1. The summed E-state index contributed by atoms with van der Waals surface area (Å²) in [7, 11) is 2.88. The van der Waals surface area contributed by atoms with Gasteiger partial charge in [-0.05, 0) is 47.5 Å². The van der Waals surface area contributed by atoms with E-state index in [0.717, 1.165) is 16.0 Å². The molecule has 7 heteroatoms. The van der Waals surface area contributed by atoms with Crippen molar-refractivity contribution in [2.45, 2.75) is 12.5 Å². The van der Waals surface area contributed by atoms with Gasteiger partial charge in [0.2, 0.25) is 0 Å². The summed E-state index contributed by atoms with van der Waals surface area (Å²) in [5, 5.41) is 2.90. The van der Waals surface area contributed by atoms with Crippen LogP contribution in [-0.4, -0.2) is 26.1 Å². The highest BCUT2D eigenvalue weighted by Gasteiger charge is 2.21. The van der Waals surface area contributed by atoms with Crippen LogP contribution in [0.3, 0.4) is 0 Å². The fraction of sp³-hybridized carbons (Fsp3) is 0.182. The van der Waals surface area contributed by atoms with Crippen LogP contribution in [0.2, 0.25) is 0 Å². The van der Waals surface area contributed by atoms with Gasteiger partial charge in [-0.15, -0.1) is 11.3 Å². The smallest absolute Gasteiger partial charge is 0.307 e. The minimum absolute atomic E-state index is 0.00473. The molecule has 0 aliphatic carbocycles. The number of thiophene rings is 1. The zero-order valence-corrected chi connectivity index (χ0v) is 16.8. The molecule has 150 valence electrons. The van der Waals surface area contributed by atoms with Crippen molar-refractivity contribution in [3.8, 4) is 16.2 Å². The third-order valence-electron chi connectivity index (χ3n) is 4.38. The molecule has 0 fully saturated rings. The van der Waals surface area contributed by atoms with E-state index in [1.807, 2.05) is 6.07 Å². The molecule has 1 unspecified atom stereocenters. The Morgan fingerprint density at radius 2 is 1.69 bits per heavy atom. The number of hydrogen-bond acceptors (Lipinski definition) is 5. The van der Waals surface area contributed by atoms with Crippen LogP contribution >= 0.6 is 11.3 Å². The van der Waals surface area contributed by atoms with Gasteiger partial charge < -0.3 is 14.8 Å². The van der Waals surface area contributed by atoms with Crippen LogP contribution in [0.25, 0.3) is 10.4 Å². The average molecular weight is 413 g/mol. The monoisotopic (exact) mass is 413 g/mol. The van der Waals surface area contributed by atoms with Crippen LogP contribution in [0.5, 0.6) is 5.75 Å². The highest BCUT2D eigenvalue weighted by molar-refractivity contribution is 7.17. The second-order valence-electron chi connectivity index (χ2n) is 6.25. The van der Waals surface area contributed by atoms with Gasteiger partial charge in [-0.1, -0.05) is 24.3 Å². The molecule has 1 N–H and O–H groups in total. The molecule has 2 aromatic carbocycles. The Morgan fingerprint density at radius 1 is 1.00 bits per heavy atom. The number of rotatable bonds is 7. The number of carbonyl (C=O) groups is 2. The highest BCUT2D eigenvalue weighted by Crippen LogP contribution is 2.29. The van der Waals surface area contributed by atoms with Crippen molar-refractivity contribution >= 4 is 23.2 Å². The lowest BCUT2D eigenvalue weighted by molar-refractivity contribution is -0.141. The molecule has 0 bridgehead atoms. The summed E-state index contributed by atoms with van der Waals surface area (Å²) in [4.78, 5) is 26.0. The number of hydrogen-bond donors (Lipinski definition) is 1. The molecule has 3 rings (SSSR count). The zero-order valence-electron chi connectivity index (χ0n) is 16.0. The van der Waals surface area contributed by atoms with Gasteiger partial charge in [0.1, 0.15) is 11.6 Å². The van der Waals surface area contributed by atoms with Crippen molar-refractivity contribution in [3.05, 3.63) is 76.9 Å². The number of nitrogens with one attached hydrogen (secondary N) is 1. The van der Waals surface area contributed by atoms with Gasteiger partial charge in [0, 0.05) is 4.88 Å². The number of carbonyl (C=O) groups excluding carboxylic acids is 2. The van der Waals surface area contributed by atoms with E-state index in [2.05, 4.69) is 5.32 Å². The van der Waals surface area contributed by atoms with Gasteiger partial charge in [0.25, 0.3) is 5.91 Å². The SMILES string of the molecule is COC(=O)CC(NC(=O)c1ccc(-c2ccc(F)cc2)s1)c1ccc(OC)cc1. The minimum Gasteiger partial charge on any atom is -0.497 e. The Balaban J connectivity index is 1.78. The largest absolute Gasteiger partial charge is 0.497 e. The van der Waals surface area contributed by atoms with Crippen molar-refractivity contribution in [3.63, 3.8) is 0 Å². The molecule has 0 saturated carbocycles. The molecule has 0 spiro atoms. The van der Waals surface area contributed by atoms with Crippen LogP contribution in [0.1, 0.15) is 27.7 Å². The Morgan fingerprint density at radius 3 is 2.31 bits per heavy atom. The fourth-order valence-corrected chi connectivity index (χ4v) is 3.71. The number of halogens is 1. The van der Waals surface area contributed by atoms with Gasteiger partial charge in [-0.3, -0.25) is 9.59 Å². The van der Waals surface area contributed by atoms with E-state index in [4.69, 9.17) is 9.47 Å². The van der Waals surface area contributed by atoms with Crippen molar-refractivity contribution in [2.24, 2.45) is 0 Å². The summed E-state index contributed by atoms with van der Waals surface area (Å²) < 4.78 is 23.0. The highest BCUT2D eigenvalue weighted by atomic mass is 32.1. The second-order valence-corrected chi connectivity index (χ2v) is 7.33. The molecule has 1 amide bonds. The van der Waals surface area contributed by atoms with Crippen LogP contribution in [0.4, 0.5) is 4.39 Å². The molecule has 0 aliphatic heterocycles. The molecule has 1 aromatic heterocycles. The fourth-order valence-electron chi connectivity index (χ4n) is 2.80. The Bertz CT molecular complexity index is 983. The number of methoxy groups -OCH3 is 2. The van der Waals surface area contributed by atoms with E-state index >= 15 is 0 Å². The molecule has 0 aliphatic rings. The summed E-state index contributed by atoms with van der Waals surface area (Å²) in [6.07, 6.45) is 0.00473. The predicted octanol–water partition coefficient (Wildman–Crippen LogP) is 4.60. The first-order chi connectivity index (χ1) is 14.0. The summed E-state index contributed by atoms with van der Waals surface area (Å²) >= 11 is 1.30. The van der Waals surface area contributed by atoms with E-state index in [1.54, 1.807) is 49.6 Å². The normalized spacial score (nSPS) is 11.6. The van der Waals surface area contributed by atoms with Crippen LogP contribution in [-0.2, 0) is 9.53 Å². The van der Waals surface area contributed by atoms with Crippen molar-refractivity contribution in [2.75, 3.05) is 14.2 Å². The Kier molecular flexibility index (Phi) is 6.61. The first-order valence-corrected chi connectivity index (χ1v) is 9.69. The minimum atomic E-state index is -0.544. The van der Waals surface area contributed by atoms with E-state index in [1.165, 1.54) is 30.6 Å². The molecule has 3 aromatic rings. The van der Waals surface area contributed by atoms with Gasteiger partial charge in [-0.2, -0.15) is 0 Å². The Hall–Kier alpha value is -3.19. The number of esters is 1.